The van der Waals surface area contributed by atoms with Crippen molar-refractivity contribution >= 4 is 23.4 Å². The lowest BCUT2D eigenvalue weighted by Crippen LogP contribution is -2.54. The van der Waals surface area contributed by atoms with Crippen LogP contribution in [-0.2, 0) is 16.0 Å². The second-order valence-electron chi connectivity index (χ2n) is 6.12. The van der Waals surface area contributed by atoms with Crippen LogP contribution in [-0.4, -0.2) is 43.0 Å². The molecule has 0 spiro atoms. The van der Waals surface area contributed by atoms with Crippen LogP contribution in [0, 0.1) is 5.92 Å². The van der Waals surface area contributed by atoms with Gasteiger partial charge in [0.2, 0.25) is 11.8 Å². The molecule has 1 aromatic carbocycles. The number of carbonyl (C=O) groups is 2. The van der Waals surface area contributed by atoms with Gasteiger partial charge in [0.05, 0.1) is 5.92 Å². The molecular formula is C17H21ClN2O3. The number of fused-ring (bicyclic) bond motifs is 1. The summed E-state index contributed by atoms with van der Waals surface area (Å²) in [6, 6.07) is 5.12. The minimum Gasteiger partial charge on any atom is -0.492 e. The van der Waals surface area contributed by atoms with Crippen molar-refractivity contribution in [3.05, 3.63) is 28.8 Å². The number of ether oxygens (including phenoxy) is 1. The van der Waals surface area contributed by atoms with Crippen molar-refractivity contribution < 1.29 is 14.3 Å². The van der Waals surface area contributed by atoms with E-state index in [-0.39, 0.29) is 23.8 Å². The van der Waals surface area contributed by atoms with E-state index in [0.717, 1.165) is 30.6 Å². The number of hydrogen-bond donors (Lipinski definition) is 1. The van der Waals surface area contributed by atoms with Crippen LogP contribution in [0.15, 0.2) is 18.2 Å². The number of likely N-dealkylation sites (N-methyl/N-ethyl adjacent to an activating group) is 1. The molecule has 0 unspecified atom stereocenters. The van der Waals surface area contributed by atoms with E-state index in [1.54, 1.807) is 18.0 Å². The third kappa shape index (κ3) is 3.29. The van der Waals surface area contributed by atoms with Crippen LogP contribution in [0.1, 0.15) is 24.8 Å². The normalized spacial score (nSPS) is 23.7. The highest BCUT2D eigenvalue weighted by Gasteiger charge is 2.36. The maximum atomic E-state index is 12.9. The van der Waals surface area contributed by atoms with Gasteiger partial charge in [-0.05, 0) is 49.4 Å². The highest BCUT2D eigenvalue weighted by Crippen LogP contribution is 2.31. The van der Waals surface area contributed by atoms with Gasteiger partial charge in [0.15, 0.2) is 0 Å². The zero-order valence-electron chi connectivity index (χ0n) is 13.2. The summed E-state index contributed by atoms with van der Waals surface area (Å²) in [6.07, 6.45) is 3.24. The zero-order valence-corrected chi connectivity index (χ0v) is 13.9. The average Bonchev–Trinajstić information content (AvgIpc) is 2.59. The molecule has 0 aromatic heterocycles. The summed E-state index contributed by atoms with van der Waals surface area (Å²) in [4.78, 5) is 26.7. The molecule has 124 valence electrons. The number of halogens is 1. The summed E-state index contributed by atoms with van der Waals surface area (Å²) in [5.41, 5.74) is 0.954. The first-order valence-electron chi connectivity index (χ1n) is 8.03. The van der Waals surface area contributed by atoms with E-state index < -0.39 is 0 Å². The predicted octanol–water partition coefficient (Wildman–Crippen LogP) is 2.02. The Bertz CT molecular complexity index is 620. The van der Waals surface area contributed by atoms with Crippen LogP contribution >= 0.6 is 11.6 Å². The molecule has 0 aliphatic carbocycles. The second kappa shape index (κ2) is 6.79. The maximum absolute atomic E-state index is 12.9. The molecule has 1 saturated heterocycles. The number of likely N-dealkylation sites (tertiary alicyclic amines) is 1. The molecular weight excluding hydrogens is 316 g/mol. The van der Waals surface area contributed by atoms with Gasteiger partial charge in [-0.15, -0.1) is 0 Å². The molecule has 0 radical (unpaired) electrons. The van der Waals surface area contributed by atoms with Gasteiger partial charge in [0.25, 0.3) is 0 Å². The Kier molecular flexibility index (Phi) is 4.76. The van der Waals surface area contributed by atoms with Crippen molar-refractivity contribution in [2.75, 3.05) is 20.2 Å². The first-order valence-corrected chi connectivity index (χ1v) is 8.41. The van der Waals surface area contributed by atoms with Gasteiger partial charge in [-0.2, -0.15) is 0 Å². The number of benzene rings is 1. The van der Waals surface area contributed by atoms with E-state index in [1.807, 2.05) is 12.1 Å². The Morgan fingerprint density at radius 3 is 2.96 bits per heavy atom. The van der Waals surface area contributed by atoms with Gasteiger partial charge in [-0.1, -0.05) is 11.6 Å². The lowest BCUT2D eigenvalue weighted by atomic mass is 9.93. The maximum Gasteiger partial charge on any atom is 0.242 e. The molecule has 2 heterocycles. The molecule has 1 fully saturated rings. The van der Waals surface area contributed by atoms with Gasteiger partial charge in [-0.3, -0.25) is 9.59 Å². The van der Waals surface area contributed by atoms with Crippen LogP contribution in [0.2, 0.25) is 5.02 Å². The molecule has 6 heteroatoms. The Balaban J connectivity index is 1.76. The number of hydrogen-bond acceptors (Lipinski definition) is 3. The lowest BCUT2D eigenvalue weighted by molar-refractivity contribution is -0.146. The third-order valence-electron chi connectivity index (χ3n) is 4.61. The molecule has 1 aromatic rings. The summed E-state index contributed by atoms with van der Waals surface area (Å²) in [6.45, 7) is 0.986. The van der Waals surface area contributed by atoms with E-state index in [4.69, 9.17) is 16.3 Å². The molecule has 2 aliphatic rings. The fourth-order valence-electron chi connectivity index (χ4n) is 3.39. The number of nitrogens with one attached hydrogen (secondary N) is 1. The molecule has 0 bridgehead atoms. The summed E-state index contributed by atoms with van der Waals surface area (Å²) >= 11 is 6.03. The molecule has 2 atom stereocenters. The van der Waals surface area contributed by atoms with Gasteiger partial charge >= 0.3 is 0 Å². The molecule has 5 nitrogen and oxygen atoms in total. The minimum absolute atomic E-state index is 0.00363. The number of amides is 2. The Hall–Kier alpha value is -1.75. The van der Waals surface area contributed by atoms with Crippen LogP contribution < -0.4 is 10.1 Å². The predicted molar refractivity (Wildman–Crippen MR) is 87.6 cm³/mol. The fraction of sp³-hybridized carbons (Fsp3) is 0.529. The minimum atomic E-state index is -0.359. The second-order valence-corrected chi connectivity index (χ2v) is 6.56. The SMILES string of the molecule is CNC(=O)[C@H]1CCCCN1C(=O)[C@H]1COc2ccc(Cl)cc2C1. The number of carbonyl (C=O) groups excluding carboxylic acids is 2. The summed E-state index contributed by atoms with van der Waals surface area (Å²) in [5.74, 6) is 0.452. The van der Waals surface area contributed by atoms with Crippen molar-refractivity contribution in [1.29, 1.82) is 0 Å². The largest absolute Gasteiger partial charge is 0.492 e. The van der Waals surface area contributed by atoms with E-state index in [2.05, 4.69) is 5.32 Å². The molecule has 3 rings (SSSR count). The van der Waals surface area contributed by atoms with E-state index in [1.165, 1.54) is 0 Å². The zero-order chi connectivity index (χ0) is 16.4. The van der Waals surface area contributed by atoms with Crippen molar-refractivity contribution in [3.63, 3.8) is 0 Å². The monoisotopic (exact) mass is 336 g/mol. The van der Waals surface area contributed by atoms with E-state index in [9.17, 15) is 9.59 Å². The van der Waals surface area contributed by atoms with Crippen LogP contribution in [0.3, 0.4) is 0 Å². The Labute approximate surface area is 140 Å². The number of rotatable bonds is 2. The highest BCUT2D eigenvalue weighted by molar-refractivity contribution is 6.30. The summed E-state index contributed by atoms with van der Waals surface area (Å²) in [5, 5.41) is 3.30. The van der Waals surface area contributed by atoms with Crippen LogP contribution in [0.5, 0.6) is 5.75 Å². The summed E-state index contributed by atoms with van der Waals surface area (Å²) in [7, 11) is 1.61. The topological polar surface area (TPSA) is 58.6 Å². The van der Waals surface area contributed by atoms with Crippen LogP contribution in [0.4, 0.5) is 0 Å². The highest BCUT2D eigenvalue weighted by atomic mass is 35.5. The lowest BCUT2D eigenvalue weighted by Gasteiger charge is -2.37. The third-order valence-corrected chi connectivity index (χ3v) is 4.85. The quantitative estimate of drug-likeness (QED) is 0.899. The van der Waals surface area contributed by atoms with E-state index >= 15 is 0 Å². The molecule has 2 amide bonds. The average molecular weight is 337 g/mol. The van der Waals surface area contributed by atoms with Crippen molar-refractivity contribution in [1.82, 2.24) is 10.2 Å². The van der Waals surface area contributed by atoms with Gasteiger partial charge in [0, 0.05) is 18.6 Å². The first-order chi connectivity index (χ1) is 11.1. The molecule has 2 aliphatic heterocycles. The van der Waals surface area contributed by atoms with Crippen molar-refractivity contribution in [2.24, 2.45) is 5.92 Å². The molecule has 23 heavy (non-hydrogen) atoms. The fourth-order valence-corrected chi connectivity index (χ4v) is 3.59. The number of piperidine rings is 1. The van der Waals surface area contributed by atoms with Gasteiger partial charge < -0.3 is 15.0 Å². The first kappa shape index (κ1) is 16.1. The van der Waals surface area contributed by atoms with Gasteiger partial charge in [0.1, 0.15) is 18.4 Å². The van der Waals surface area contributed by atoms with Crippen LogP contribution in [0.25, 0.3) is 0 Å². The van der Waals surface area contributed by atoms with Crippen molar-refractivity contribution in [3.8, 4) is 5.75 Å². The Morgan fingerprint density at radius 1 is 1.35 bits per heavy atom. The van der Waals surface area contributed by atoms with E-state index in [0.29, 0.717) is 24.6 Å². The number of nitrogens with zero attached hydrogens (tertiary/aromatic N) is 1. The van der Waals surface area contributed by atoms with Crippen molar-refractivity contribution in [2.45, 2.75) is 31.7 Å². The Morgan fingerprint density at radius 2 is 2.17 bits per heavy atom. The smallest absolute Gasteiger partial charge is 0.242 e. The standard InChI is InChI=1S/C17H21ClN2O3/c1-19-16(21)14-4-2-3-7-20(14)17(22)12-8-11-9-13(18)5-6-15(11)23-10-12/h5-6,9,12,14H,2-4,7-8,10H2,1H3,(H,19,21)/t12-,14-/m1/s1. The molecule has 1 N–H and O–H groups in total. The summed E-state index contributed by atoms with van der Waals surface area (Å²) < 4.78 is 5.72. The van der Waals surface area contributed by atoms with Gasteiger partial charge in [-0.25, -0.2) is 0 Å². The molecule has 0 saturated carbocycles.